The van der Waals surface area contributed by atoms with Crippen molar-refractivity contribution < 1.29 is 9.59 Å². The highest BCUT2D eigenvalue weighted by atomic mass is 16.2. The average Bonchev–Trinajstić information content (AvgIpc) is 2.48. The highest BCUT2D eigenvalue weighted by molar-refractivity contribution is 5.96. The van der Waals surface area contributed by atoms with E-state index in [0.29, 0.717) is 5.56 Å². The van der Waals surface area contributed by atoms with Gasteiger partial charge in [-0.05, 0) is 43.5 Å². The lowest BCUT2D eigenvalue weighted by atomic mass is 9.93. The average molecular weight is 272 g/mol. The first-order valence-electron chi connectivity index (χ1n) is 6.85. The molecule has 4 heteroatoms. The molecule has 0 saturated heterocycles. The van der Waals surface area contributed by atoms with Gasteiger partial charge in [0.15, 0.2) is 0 Å². The van der Waals surface area contributed by atoms with Crippen LogP contribution in [0.25, 0.3) is 0 Å². The Labute approximate surface area is 119 Å². The third-order valence-electron chi connectivity index (χ3n) is 3.45. The highest BCUT2D eigenvalue weighted by Gasteiger charge is 2.18. The first kappa shape index (κ1) is 14.3. The van der Waals surface area contributed by atoms with Crippen LogP contribution in [0.3, 0.4) is 0 Å². The van der Waals surface area contributed by atoms with Crippen LogP contribution in [0.15, 0.2) is 36.4 Å². The summed E-state index contributed by atoms with van der Waals surface area (Å²) < 4.78 is 0. The largest absolute Gasteiger partial charge is 0.345 e. The molecule has 1 aliphatic carbocycles. The standard InChI is InChI=1S/C16H20N2O2/c1-18(2)16(20)13-8-10-14(11-9-13)17-15(19)12-6-4-3-5-7-12/h3-4,8-12H,5-7H2,1-2H3,(H,17,19)/t12-/m0/s1. The maximum absolute atomic E-state index is 12.1. The van der Waals surface area contributed by atoms with Gasteiger partial charge in [-0.25, -0.2) is 0 Å². The highest BCUT2D eigenvalue weighted by Crippen LogP contribution is 2.20. The van der Waals surface area contributed by atoms with Crippen molar-refractivity contribution in [2.24, 2.45) is 5.92 Å². The van der Waals surface area contributed by atoms with Gasteiger partial charge in [0, 0.05) is 31.3 Å². The van der Waals surface area contributed by atoms with Gasteiger partial charge in [-0.1, -0.05) is 12.2 Å². The molecule has 2 amide bonds. The number of nitrogens with zero attached hydrogens (tertiary/aromatic N) is 1. The second-order valence-corrected chi connectivity index (χ2v) is 5.25. The minimum atomic E-state index is -0.0414. The second kappa shape index (κ2) is 6.37. The van der Waals surface area contributed by atoms with Gasteiger partial charge in [0.1, 0.15) is 0 Å². The number of nitrogens with one attached hydrogen (secondary N) is 1. The van der Waals surface area contributed by atoms with Crippen molar-refractivity contribution in [2.75, 3.05) is 19.4 Å². The van der Waals surface area contributed by atoms with Crippen molar-refractivity contribution in [1.82, 2.24) is 4.90 Å². The molecule has 0 aliphatic heterocycles. The molecule has 1 aromatic carbocycles. The molecule has 4 nitrogen and oxygen atoms in total. The molecular weight excluding hydrogens is 252 g/mol. The predicted octanol–water partition coefficient (Wildman–Crippen LogP) is 2.68. The van der Waals surface area contributed by atoms with E-state index in [1.807, 2.05) is 0 Å². The predicted molar refractivity (Wildman–Crippen MR) is 79.6 cm³/mol. The molecule has 2 rings (SSSR count). The molecule has 0 fully saturated rings. The van der Waals surface area contributed by atoms with Gasteiger partial charge in [0.2, 0.25) is 5.91 Å². The van der Waals surface area contributed by atoms with Crippen molar-refractivity contribution in [1.29, 1.82) is 0 Å². The summed E-state index contributed by atoms with van der Waals surface area (Å²) in [4.78, 5) is 25.4. The van der Waals surface area contributed by atoms with Gasteiger partial charge in [-0.3, -0.25) is 9.59 Å². The Bertz CT molecular complexity index is 518. The molecule has 1 aromatic rings. The smallest absolute Gasteiger partial charge is 0.253 e. The van der Waals surface area contributed by atoms with Crippen molar-refractivity contribution in [3.8, 4) is 0 Å². The van der Waals surface area contributed by atoms with Crippen LogP contribution in [0.4, 0.5) is 5.69 Å². The van der Waals surface area contributed by atoms with Crippen LogP contribution in [0.1, 0.15) is 29.6 Å². The van der Waals surface area contributed by atoms with Crippen LogP contribution in [0.2, 0.25) is 0 Å². The number of hydrogen-bond acceptors (Lipinski definition) is 2. The number of amides is 2. The number of hydrogen-bond donors (Lipinski definition) is 1. The van der Waals surface area contributed by atoms with Crippen LogP contribution in [-0.2, 0) is 4.79 Å². The van der Waals surface area contributed by atoms with E-state index in [9.17, 15) is 9.59 Å². The lowest BCUT2D eigenvalue weighted by molar-refractivity contribution is -0.120. The van der Waals surface area contributed by atoms with E-state index in [0.717, 1.165) is 24.9 Å². The zero-order valence-corrected chi connectivity index (χ0v) is 11.9. The maximum Gasteiger partial charge on any atom is 0.253 e. The van der Waals surface area contributed by atoms with Gasteiger partial charge < -0.3 is 10.2 Å². The molecule has 0 spiro atoms. The number of carbonyl (C=O) groups is 2. The molecule has 1 atom stereocenters. The van der Waals surface area contributed by atoms with E-state index in [1.54, 1.807) is 38.4 Å². The molecule has 0 radical (unpaired) electrons. The molecule has 0 saturated carbocycles. The van der Waals surface area contributed by atoms with E-state index in [1.165, 1.54) is 4.90 Å². The van der Waals surface area contributed by atoms with Gasteiger partial charge in [-0.15, -0.1) is 0 Å². The summed E-state index contributed by atoms with van der Waals surface area (Å²) in [6.07, 6.45) is 6.86. The minimum absolute atomic E-state index is 0.0414. The monoisotopic (exact) mass is 272 g/mol. The molecule has 0 bridgehead atoms. The molecule has 20 heavy (non-hydrogen) atoms. The fourth-order valence-corrected chi connectivity index (χ4v) is 2.23. The third kappa shape index (κ3) is 3.47. The summed E-state index contributed by atoms with van der Waals surface area (Å²) in [6, 6.07) is 7.01. The quantitative estimate of drug-likeness (QED) is 0.860. The zero-order valence-electron chi connectivity index (χ0n) is 11.9. The van der Waals surface area contributed by atoms with Crippen LogP contribution in [0, 0.1) is 5.92 Å². The summed E-state index contributed by atoms with van der Waals surface area (Å²) >= 11 is 0. The van der Waals surface area contributed by atoms with E-state index < -0.39 is 0 Å². The summed E-state index contributed by atoms with van der Waals surface area (Å²) in [5.74, 6) is 0.0735. The van der Waals surface area contributed by atoms with Gasteiger partial charge in [-0.2, -0.15) is 0 Å². The Kier molecular flexibility index (Phi) is 4.56. The summed E-state index contributed by atoms with van der Waals surface area (Å²) in [6.45, 7) is 0. The number of allylic oxidation sites excluding steroid dienone is 2. The Hall–Kier alpha value is -2.10. The van der Waals surface area contributed by atoms with Gasteiger partial charge in [0.05, 0.1) is 0 Å². The topological polar surface area (TPSA) is 49.4 Å². The van der Waals surface area contributed by atoms with Crippen LogP contribution in [-0.4, -0.2) is 30.8 Å². The SMILES string of the molecule is CN(C)C(=O)c1ccc(NC(=O)[C@H]2CC=CCC2)cc1. The third-order valence-corrected chi connectivity index (χ3v) is 3.45. The summed E-state index contributed by atoms with van der Waals surface area (Å²) in [5.41, 5.74) is 1.36. The van der Waals surface area contributed by atoms with E-state index in [2.05, 4.69) is 17.5 Å². The Morgan fingerprint density at radius 2 is 1.85 bits per heavy atom. The zero-order chi connectivity index (χ0) is 14.5. The van der Waals surface area contributed by atoms with E-state index in [4.69, 9.17) is 0 Å². The normalized spacial score (nSPS) is 17.6. The van der Waals surface area contributed by atoms with Crippen molar-refractivity contribution >= 4 is 17.5 Å². The lowest BCUT2D eigenvalue weighted by Gasteiger charge is -2.17. The molecule has 106 valence electrons. The van der Waals surface area contributed by atoms with E-state index >= 15 is 0 Å². The summed E-state index contributed by atoms with van der Waals surface area (Å²) in [5, 5.41) is 2.91. The van der Waals surface area contributed by atoms with Crippen LogP contribution in [0.5, 0.6) is 0 Å². The Balaban J connectivity index is 1.98. The van der Waals surface area contributed by atoms with Gasteiger partial charge in [0.25, 0.3) is 5.91 Å². The minimum Gasteiger partial charge on any atom is -0.345 e. The molecule has 1 N–H and O–H groups in total. The number of anilines is 1. The van der Waals surface area contributed by atoms with Crippen molar-refractivity contribution in [3.63, 3.8) is 0 Å². The van der Waals surface area contributed by atoms with Crippen LogP contribution >= 0.6 is 0 Å². The van der Waals surface area contributed by atoms with E-state index in [-0.39, 0.29) is 17.7 Å². The van der Waals surface area contributed by atoms with Crippen molar-refractivity contribution in [2.45, 2.75) is 19.3 Å². The number of carbonyl (C=O) groups excluding carboxylic acids is 2. The molecule has 0 unspecified atom stereocenters. The molecule has 0 aromatic heterocycles. The number of benzene rings is 1. The van der Waals surface area contributed by atoms with Gasteiger partial charge >= 0.3 is 0 Å². The molecule has 1 aliphatic rings. The van der Waals surface area contributed by atoms with Crippen LogP contribution < -0.4 is 5.32 Å². The lowest BCUT2D eigenvalue weighted by Crippen LogP contribution is -2.24. The maximum atomic E-state index is 12.1. The summed E-state index contributed by atoms with van der Waals surface area (Å²) in [7, 11) is 3.43. The van der Waals surface area contributed by atoms with Crippen molar-refractivity contribution in [3.05, 3.63) is 42.0 Å². The molecule has 0 heterocycles. The second-order valence-electron chi connectivity index (χ2n) is 5.25. The fourth-order valence-electron chi connectivity index (χ4n) is 2.23. The number of rotatable bonds is 3. The fraction of sp³-hybridized carbons (Fsp3) is 0.375. The first-order chi connectivity index (χ1) is 9.58. The first-order valence-corrected chi connectivity index (χ1v) is 6.85. The Morgan fingerprint density at radius 1 is 1.15 bits per heavy atom. The Morgan fingerprint density at radius 3 is 2.40 bits per heavy atom. The molecular formula is C16H20N2O2.